The molecule has 0 amide bonds. The average Bonchev–Trinajstić information content (AvgIpc) is 3.43. The summed E-state index contributed by atoms with van der Waals surface area (Å²) >= 11 is 0. The number of hydrogen-bond donors (Lipinski definition) is 0. The van der Waals surface area contributed by atoms with Gasteiger partial charge in [-0.1, -0.05) is 92.6 Å². The molecule has 0 saturated carbocycles. The van der Waals surface area contributed by atoms with E-state index in [-0.39, 0.29) is 56.0 Å². The predicted molar refractivity (Wildman–Crippen MR) is 196 cm³/mol. The van der Waals surface area contributed by atoms with Crippen LogP contribution < -0.4 is 0 Å². The summed E-state index contributed by atoms with van der Waals surface area (Å²) in [6.07, 6.45) is 2.80. The summed E-state index contributed by atoms with van der Waals surface area (Å²) in [6, 6.07) is 15.7. The van der Waals surface area contributed by atoms with Crippen LogP contribution in [0.25, 0.3) is 55.6 Å². The van der Waals surface area contributed by atoms with Gasteiger partial charge in [0.2, 0.25) is 0 Å². The third kappa shape index (κ3) is 5.77. The molecule has 0 aliphatic heterocycles. The zero-order valence-electron chi connectivity index (χ0n) is 38.2. The highest BCUT2D eigenvalue weighted by Gasteiger charge is 2.23. The van der Waals surface area contributed by atoms with E-state index in [4.69, 9.17) is 23.1 Å². The fourth-order valence-corrected chi connectivity index (χ4v) is 5.74. The summed E-state index contributed by atoms with van der Waals surface area (Å²) in [5.41, 5.74) is 4.54. The number of furan rings is 1. The number of aromatic nitrogens is 2. The van der Waals surface area contributed by atoms with Gasteiger partial charge in [-0.15, -0.1) is 0 Å². The van der Waals surface area contributed by atoms with Crippen molar-refractivity contribution in [1.82, 2.24) is 9.97 Å². The normalized spacial score (nSPS) is 16.8. The van der Waals surface area contributed by atoms with Crippen LogP contribution in [0.4, 0.5) is 0 Å². The molecule has 3 heteroatoms. The van der Waals surface area contributed by atoms with Gasteiger partial charge in [0.05, 0.1) is 12.8 Å². The van der Waals surface area contributed by atoms with E-state index in [0.717, 1.165) is 16.7 Å². The lowest BCUT2D eigenvalue weighted by atomic mass is 9.79. The number of benzene rings is 3. The minimum absolute atomic E-state index is 0.0214. The van der Waals surface area contributed by atoms with Gasteiger partial charge in [0, 0.05) is 52.7 Å². The molecule has 3 aromatic carbocycles. The highest BCUT2D eigenvalue weighted by Crippen LogP contribution is 2.41. The van der Waals surface area contributed by atoms with E-state index in [1.165, 1.54) is 24.4 Å². The first-order valence-corrected chi connectivity index (χ1v) is 15.7. The molecular formula is C43H48N2O. The summed E-state index contributed by atoms with van der Waals surface area (Å²) in [5.74, 6) is 0. The molecule has 3 aromatic heterocycles. The van der Waals surface area contributed by atoms with Crippen LogP contribution in [0, 0.1) is 20.6 Å². The Morgan fingerprint density at radius 2 is 1.24 bits per heavy atom. The van der Waals surface area contributed by atoms with E-state index < -0.39 is 26.0 Å². The minimum Gasteiger partial charge on any atom is -0.455 e. The van der Waals surface area contributed by atoms with Crippen LogP contribution in [0.15, 0.2) is 77.5 Å². The van der Waals surface area contributed by atoms with Crippen molar-refractivity contribution in [3.8, 4) is 33.6 Å². The molecule has 46 heavy (non-hydrogen) atoms. The molecule has 0 atom stereocenters. The van der Waals surface area contributed by atoms with E-state index in [2.05, 4.69) is 64.7 Å². The number of hydrogen-bond acceptors (Lipinski definition) is 3. The zero-order valence-corrected chi connectivity index (χ0v) is 28.2. The van der Waals surface area contributed by atoms with E-state index >= 15 is 0 Å². The summed E-state index contributed by atoms with van der Waals surface area (Å²) in [5, 5.41) is 0.799. The van der Waals surface area contributed by atoms with Gasteiger partial charge in [0.1, 0.15) is 11.2 Å². The van der Waals surface area contributed by atoms with Gasteiger partial charge in [0.25, 0.3) is 0 Å². The second-order valence-corrected chi connectivity index (χ2v) is 15.4. The lowest BCUT2D eigenvalue weighted by Gasteiger charge is -2.26. The molecule has 0 bridgehead atoms. The number of pyridine rings is 2. The SMILES string of the molecule is [2H]c1cc(C(C)(C)C)cc(C([2H])([2H])[2H])c1-c1cc(-c2ccc(C([2H])([2H])[2H])c3c2oc2cc(-c4cc(C(C)(C)C)cc(C(C)(C)C)c4)ncc23)ncc1C([2H])([2H])[2H]. The van der Waals surface area contributed by atoms with E-state index in [1.54, 1.807) is 24.4 Å². The second-order valence-electron chi connectivity index (χ2n) is 15.4. The molecule has 0 radical (unpaired) electrons. The van der Waals surface area contributed by atoms with Crippen molar-refractivity contribution < 1.29 is 18.1 Å². The van der Waals surface area contributed by atoms with Crippen molar-refractivity contribution in [2.75, 3.05) is 0 Å². The second kappa shape index (κ2) is 10.9. The van der Waals surface area contributed by atoms with Crippen molar-refractivity contribution >= 4 is 21.9 Å². The summed E-state index contributed by atoms with van der Waals surface area (Å²) in [6.45, 7) is 10.8. The standard InChI is InChI=1S/C43H48N2O/c1-25-13-15-33(37-21-34(27(3)23-44-37)32-16-14-29(17-26(32)2)41(4,5)6)40-39(25)35-24-45-36(22-38(35)46-40)28-18-30(42(7,8)9)20-31(19-28)43(10,11)12/h13-24H,1-12H3/i1D3,2D3,3D3,16D. The maximum Gasteiger partial charge on any atom is 0.145 e. The van der Waals surface area contributed by atoms with Crippen LogP contribution in [-0.4, -0.2) is 9.97 Å². The Hall–Kier alpha value is -4.24. The Kier molecular flexibility index (Phi) is 5.12. The van der Waals surface area contributed by atoms with Gasteiger partial charge in [-0.25, -0.2) is 0 Å². The van der Waals surface area contributed by atoms with E-state index in [1.807, 2.05) is 20.8 Å². The van der Waals surface area contributed by atoms with Crippen molar-refractivity contribution in [2.45, 2.75) is 99.1 Å². The number of aryl methyl sites for hydroxylation is 3. The first-order valence-electron chi connectivity index (χ1n) is 20.7. The lowest BCUT2D eigenvalue weighted by molar-refractivity contribution is 0.569. The lowest BCUT2D eigenvalue weighted by Crippen LogP contribution is -2.16. The molecule has 0 N–H and O–H groups in total. The Morgan fingerprint density at radius 1 is 0.587 bits per heavy atom. The topological polar surface area (TPSA) is 38.9 Å². The molecule has 3 nitrogen and oxygen atoms in total. The average molecular weight is 619 g/mol. The molecule has 6 aromatic rings. The summed E-state index contributed by atoms with van der Waals surface area (Å²) in [7, 11) is 0. The molecular weight excluding hydrogens is 560 g/mol. The molecule has 6 rings (SSSR count). The number of nitrogens with zero attached hydrogens (tertiary/aromatic N) is 2. The molecule has 0 unspecified atom stereocenters. The van der Waals surface area contributed by atoms with Gasteiger partial charge in [0.15, 0.2) is 0 Å². The molecule has 0 saturated heterocycles. The largest absolute Gasteiger partial charge is 0.455 e. The van der Waals surface area contributed by atoms with E-state index in [9.17, 15) is 0 Å². The van der Waals surface area contributed by atoms with Crippen LogP contribution in [0.5, 0.6) is 0 Å². The third-order valence-electron chi connectivity index (χ3n) is 8.72. The first-order chi connectivity index (χ1) is 25.5. The fraction of sp³-hybridized carbons (Fsp3) is 0.349. The Morgan fingerprint density at radius 3 is 1.87 bits per heavy atom. The maximum absolute atomic E-state index is 9.07. The third-order valence-corrected chi connectivity index (χ3v) is 8.72. The highest BCUT2D eigenvalue weighted by atomic mass is 16.3. The summed E-state index contributed by atoms with van der Waals surface area (Å²) in [4.78, 5) is 9.38. The van der Waals surface area contributed by atoms with Crippen molar-refractivity contribution in [2.24, 2.45) is 0 Å². The van der Waals surface area contributed by atoms with Gasteiger partial charge in [-0.3, -0.25) is 9.97 Å². The quantitative estimate of drug-likeness (QED) is 0.198. The van der Waals surface area contributed by atoms with Gasteiger partial charge in [-0.2, -0.15) is 0 Å². The minimum atomic E-state index is -2.71. The molecule has 0 spiro atoms. The Bertz CT molecular complexity index is 2470. The molecule has 0 aliphatic carbocycles. The highest BCUT2D eigenvalue weighted by molar-refractivity contribution is 6.11. The molecule has 0 fully saturated rings. The van der Waals surface area contributed by atoms with Crippen LogP contribution in [0.3, 0.4) is 0 Å². The van der Waals surface area contributed by atoms with Crippen LogP contribution in [-0.2, 0) is 16.2 Å². The van der Waals surface area contributed by atoms with Gasteiger partial charge in [-0.05, 0) is 106 Å². The monoisotopic (exact) mass is 618 g/mol. The Balaban J connectivity index is 1.65. The van der Waals surface area contributed by atoms with Crippen molar-refractivity contribution in [1.29, 1.82) is 0 Å². The van der Waals surface area contributed by atoms with Gasteiger partial charge < -0.3 is 4.42 Å². The van der Waals surface area contributed by atoms with Crippen LogP contribution in [0.2, 0.25) is 0 Å². The van der Waals surface area contributed by atoms with Gasteiger partial charge >= 0.3 is 0 Å². The van der Waals surface area contributed by atoms with E-state index in [0.29, 0.717) is 33.2 Å². The summed E-state index contributed by atoms with van der Waals surface area (Å²) < 4.78 is 91.3. The van der Waals surface area contributed by atoms with Crippen LogP contribution in [0.1, 0.15) is 109 Å². The first kappa shape index (κ1) is 21.5. The zero-order chi connectivity index (χ0) is 41.7. The predicted octanol–water partition coefficient (Wildman–Crippen LogP) is 12.2. The number of fused-ring (bicyclic) bond motifs is 3. The Labute approximate surface area is 289 Å². The number of rotatable bonds is 3. The molecule has 3 heterocycles. The smallest absolute Gasteiger partial charge is 0.145 e. The van der Waals surface area contributed by atoms with Crippen molar-refractivity contribution in [3.05, 3.63) is 106 Å². The molecule has 0 aliphatic rings. The molecule has 236 valence electrons. The maximum atomic E-state index is 9.07. The van der Waals surface area contributed by atoms with Crippen LogP contribution >= 0.6 is 0 Å². The van der Waals surface area contributed by atoms with Crippen molar-refractivity contribution in [3.63, 3.8) is 0 Å². The fourth-order valence-electron chi connectivity index (χ4n) is 5.74.